The van der Waals surface area contributed by atoms with Gasteiger partial charge in [0, 0.05) is 29.7 Å². The molecule has 1 aliphatic heterocycles. The van der Waals surface area contributed by atoms with Crippen LogP contribution < -0.4 is 5.32 Å². The van der Waals surface area contributed by atoms with Crippen LogP contribution in [-0.4, -0.2) is 44.9 Å². The van der Waals surface area contributed by atoms with Crippen LogP contribution in [0.15, 0.2) is 45.7 Å². The molecule has 1 N–H and O–H groups in total. The van der Waals surface area contributed by atoms with Gasteiger partial charge < -0.3 is 14.5 Å². The Bertz CT molecular complexity index is 1240. The second kappa shape index (κ2) is 7.99. The Labute approximate surface area is 177 Å². The van der Waals surface area contributed by atoms with Crippen LogP contribution in [0.25, 0.3) is 11.0 Å². The second-order valence-corrected chi connectivity index (χ2v) is 9.10. The van der Waals surface area contributed by atoms with Crippen LogP contribution >= 0.6 is 11.6 Å². The molecular weight excluding hydrogens is 435 g/mol. The summed E-state index contributed by atoms with van der Waals surface area (Å²) in [6.45, 7) is 2.47. The number of para-hydroxylation sites is 1. The van der Waals surface area contributed by atoms with Gasteiger partial charge >= 0.3 is 0 Å². The molecule has 1 amide bonds. The number of nitrogens with one attached hydrogen (secondary N) is 1. The summed E-state index contributed by atoms with van der Waals surface area (Å²) in [6.07, 6.45) is 0. The fourth-order valence-electron chi connectivity index (χ4n) is 3.32. The second-order valence-electron chi connectivity index (χ2n) is 6.79. The first kappa shape index (κ1) is 20.8. The van der Waals surface area contributed by atoms with Crippen LogP contribution in [0.3, 0.4) is 0 Å². The zero-order valence-corrected chi connectivity index (χ0v) is 17.5. The first-order chi connectivity index (χ1) is 14.3. The first-order valence-corrected chi connectivity index (χ1v) is 11.0. The number of benzene rings is 2. The monoisotopic (exact) mass is 452 g/mol. The Balaban J connectivity index is 1.64. The highest BCUT2D eigenvalue weighted by molar-refractivity contribution is 7.89. The minimum absolute atomic E-state index is 0.0417. The molecule has 0 spiro atoms. The van der Waals surface area contributed by atoms with Gasteiger partial charge in [-0.05, 0) is 31.2 Å². The van der Waals surface area contributed by atoms with E-state index in [1.54, 1.807) is 25.1 Å². The highest BCUT2D eigenvalue weighted by atomic mass is 35.5. The molecular formula is C20H18ClFN2O5S. The van der Waals surface area contributed by atoms with Crippen LogP contribution in [0, 0.1) is 12.7 Å². The number of aryl methyl sites for hydroxylation is 1. The molecule has 158 valence electrons. The number of amides is 1. The summed E-state index contributed by atoms with van der Waals surface area (Å²) < 4.78 is 51.9. The quantitative estimate of drug-likeness (QED) is 0.650. The summed E-state index contributed by atoms with van der Waals surface area (Å²) >= 11 is 6.12. The lowest BCUT2D eigenvalue weighted by Gasteiger charge is -2.26. The number of ether oxygens (including phenoxy) is 1. The molecule has 7 nitrogen and oxygen atoms in total. The van der Waals surface area contributed by atoms with Crippen molar-refractivity contribution in [2.24, 2.45) is 0 Å². The molecule has 2 aromatic carbocycles. The van der Waals surface area contributed by atoms with Gasteiger partial charge in [0.25, 0.3) is 5.91 Å². The largest absolute Gasteiger partial charge is 0.449 e. The van der Waals surface area contributed by atoms with E-state index in [4.69, 9.17) is 20.8 Å². The molecule has 30 heavy (non-hydrogen) atoms. The Kier molecular flexibility index (Phi) is 5.54. The zero-order valence-electron chi connectivity index (χ0n) is 15.9. The molecule has 1 saturated heterocycles. The van der Waals surface area contributed by atoms with Crippen LogP contribution in [0.1, 0.15) is 16.1 Å². The van der Waals surface area contributed by atoms with Gasteiger partial charge in [-0.25, -0.2) is 12.8 Å². The van der Waals surface area contributed by atoms with Gasteiger partial charge in [-0.1, -0.05) is 23.7 Å². The van der Waals surface area contributed by atoms with E-state index in [0.29, 0.717) is 21.6 Å². The number of nitrogens with zero attached hydrogens (tertiary/aromatic N) is 1. The number of anilines is 1. The van der Waals surface area contributed by atoms with Crippen molar-refractivity contribution in [3.05, 3.63) is 58.6 Å². The predicted molar refractivity (Wildman–Crippen MR) is 110 cm³/mol. The van der Waals surface area contributed by atoms with E-state index in [1.165, 1.54) is 6.07 Å². The first-order valence-electron chi connectivity index (χ1n) is 9.15. The third-order valence-corrected chi connectivity index (χ3v) is 7.11. The van der Waals surface area contributed by atoms with Gasteiger partial charge in [-0.3, -0.25) is 4.79 Å². The maximum absolute atomic E-state index is 14.3. The van der Waals surface area contributed by atoms with Crippen molar-refractivity contribution >= 4 is 44.2 Å². The van der Waals surface area contributed by atoms with E-state index >= 15 is 0 Å². The summed E-state index contributed by atoms with van der Waals surface area (Å²) in [5.41, 5.74) is 1.10. The average molecular weight is 453 g/mol. The van der Waals surface area contributed by atoms with E-state index in [1.807, 2.05) is 0 Å². The third kappa shape index (κ3) is 3.69. The molecule has 1 fully saturated rings. The van der Waals surface area contributed by atoms with Gasteiger partial charge in [-0.15, -0.1) is 0 Å². The van der Waals surface area contributed by atoms with Gasteiger partial charge in [0.2, 0.25) is 10.0 Å². The minimum Gasteiger partial charge on any atom is -0.449 e. The van der Waals surface area contributed by atoms with Crippen LogP contribution in [0.4, 0.5) is 10.1 Å². The molecule has 0 saturated carbocycles. The number of rotatable bonds is 4. The molecule has 0 radical (unpaired) electrons. The zero-order chi connectivity index (χ0) is 21.5. The van der Waals surface area contributed by atoms with Crippen molar-refractivity contribution < 1.29 is 26.8 Å². The maximum Gasteiger partial charge on any atom is 0.291 e. The standard InChI is InChI=1S/C20H18ClFN2O5S/c1-12-14-3-2-4-15(21)19(14)29-18(12)20(25)23-13-5-6-16(22)17(11-13)30(26,27)24-7-9-28-10-8-24/h2-6,11H,7-10H2,1H3,(H,23,25). The predicted octanol–water partition coefficient (Wildman–Crippen LogP) is 3.81. The van der Waals surface area contributed by atoms with Gasteiger partial charge in [0.1, 0.15) is 10.7 Å². The summed E-state index contributed by atoms with van der Waals surface area (Å²) in [6, 6.07) is 8.57. The lowest BCUT2D eigenvalue weighted by Crippen LogP contribution is -2.40. The van der Waals surface area contributed by atoms with Crippen molar-refractivity contribution in [2.75, 3.05) is 31.6 Å². The lowest BCUT2D eigenvalue weighted by atomic mass is 10.1. The lowest BCUT2D eigenvalue weighted by molar-refractivity contribution is 0.0729. The molecule has 0 bridgehead atoms. The number of furan rings is 1. The number of halogens is 2. The van der Waals surface area contributed by atoms with E-state index in [2.05, 4.69) is 5.32 Å². The Morgan fingerprint density at radius 1 is 1.20 bits per heavy atom. The van der Waals surface area contributed by atoms with Crippen LogP contribution in [-0.2, 0) is 14.8 Å². The minimum atomic E-state index is -4.06. The van der Waals surface area contributed by atoms with E-state index in [9.17, 15) is 17.6 Å². The fraction of sp³-hybridized carbons (Fsp3) is 0.250. The topological polar surface area (TPSA) is 88.9 Å². The van der Waals surface area contributed by atoms with E-state index in [-0.39, 0.29) is 37.8 Å². The number of carbonyl (C=O) groups is 1. The summed E-state index contributed by atoms with van der Waals surface area (Å²) in [4.78, 5) is 12.2. The Morgan fingerprint density at radius 3 is 2.63 bits per heavy atom. The maximum atomic E-state index is 14.3. The average Bonchev–Trinajstić information content (AvgIpc) is 3.08. The molecule has 10 heteroatoms. The number of hydrogen-bond acceptors (Lipinski definition) is 5. The van der Waals surface area contributed by atoms with Gasteiger partial charge in [-0.2, -0.15) is 4.31 Å². The smallest absolute Gasteiger partial charge is 0.291 e. The molecule has 3 aromatic rings. The molecule has 0 unspecified atom stereocenters. The highest BCUT2D eigenvalue weighted by Crippen LogP contribution is 2.31. The van der Waals surface area contributed by atoms with Crippen molar-refractivity contribution in [2.45, 2.75) is 11.8 Å². The molecule has 1 aliphatic rings. The third-order valence-electron chi connectivity index (χ3n) is 4.90. The summed E-state index contributed by atoms with van der Waals surface area (Å²) in [5.74, 6) is -1.45. The van der Waals surface area contributed by atoms with Crippen molar-refractivity contribution in [1.82, 2.24) is 4.31 Å². The summed E-state index contributed by atoms with van der Waals surface area (Å²) in [5, 5.41) is 3.64. The molecule has 2 heterocycles. The van der Waals surface area contributed by atoms with Crippen molar-refractivity contribution in [3.8, 4) is 0 Å². The van der Waals surface area contributed by atoms with E-state index < -0.39 is 26.6 Å². The van der Waals surface area contributed by atoms with Gasteiger partial charge in [0.05, 0.1) is 18.2 Å². The van der Waals surface area contributed by atoms with Crippen LogP contribution in [0.2, 0.25) is 5.02 Å². The molecule has 4 rings (SSSR count). The molecule has 0 aliphatic carbocycles. The number of fused-ring (bicyclic) bond motifs is 1. The highest BCUT2D eigenvalue weighted by Gasteiger charge is 2.29. The number of sulfonamides is 1. The normalized spacial score (nSPS) is 15.4. The Hall–Kier alpha value is -2.46. The fourth-order valence-corrected chi connectivity index (χ4v) is 5.03. The molecule has 0 atom stereocenters. The SMILES string of the molecule is Cc1c(C(=O)Nc2ccc(F)c(S(=O)(=O)N3CCOCC3)c2)oc2c(Cl)cccc12. The van der Waals surface area contributed by atoms with Crippen LogP contribution in [0.5, 0.6) is 0 Å². The van der Waals surface area contributed by atoms with Gasteiger partial charge in [0.15, 0.2) is 11.3 Å². The Morgan fingerprint density at radius 2 is 1.93 bits per heavy atom. The summed E-state index contributed by atoms with van der Waals surface area (Å²) in [7, 11) is -4.06. The number of morpholine rings is 1. The number of hydrogen-bond donors (Lipinski definition) is 1. The van der Waals surface area contributed by atoms with Crippen molar-refractivity contribution in [1.29, 1.82) is 0 Å². The van der Waals surface area contributed by atoms with E-state index in [0.717, 1.165) is 16.4 Å². The molecule has 1 aromatic heterocycles. The number of carbonyl (C=O) groups excluding carboxylic acids is 1. The van der Waals surface area contributed by atoms with Crippen molar-refractivity contribution in [3.63, 3.8) is 0 Å².